The number of carbonyl (C=O) groups excluding carboxylic acids is 1. The van der Waals surface area contributed by atoms with Gasteiger partial charge < -0.3 is 30.3 Å². The summed E-state index contributed by atoms with van der Waals surface area (Å²) in [5.41, 5.74) is 4.71. The highest BCUT2D eigenvalue weighted by Gasteiger charge is 2.32. The van der Waals surface area contributed by atoms with Gasteiger partial charge in [0.05, 0.1) is 24.4 Å². The summed E-state index contributed by atoms with van der Waals surface area (Å²) in [6.45, 7) is 0.772. The predicted octanol–water partition coefficient (Wildman–Crippen LogP) is 5.61. The third-order valence-electron chi connectivity index (χ3n) is 7.02. The topological polar surface area (TPSA) is 130 Å². The zero-order chi connectivity index (χ0) is 30.0. The maximum Gasteiger partial charge on any atom is 0.338 e. The molecule has 2 amide bonds. The summed E-state index contributed by atoms with van der Waals surface area (Å²) in [4.78, 5) is 28.2. The molecule has 1 aromatic heterocycles. The number of ether oxygens (including phenoxy) is 2. The summed E-state index contributed by atoms with van der Waals surface area (Å²) >= 11 is 1.34. The van der Waals surface area contributed by atoms with Crippen LogP contribution >= 0.6 is 11.8 Å². The number of urea groups is 1. The van der Waals surface area contributed by atoms with E-state index in [2.05, 4.69) is 15.6 Å². The molecule has 1 fully saturated rings. The Labute approximate surface area is 254 Å². The summed E-state index contributed by atoms with van der Waals surface area (Å²) in [5, 5.41) is 25.2. The Kier molecular flexibility index (Phi) is 10.4. The number of benzene rings is 3. The average Bonchev–Trinajstić information content (AvgIpc) is 3.06. The molecule has 1 aliphatic heterocycles. The number of carbonyl (C=O) groups is 2. The summed E-state index contributed by atoms with van der Waals surface area (Å²) < 4.78 is 12.8. The molecular formula is C33H33N3O6S. The number of hydrogen-bond acceptors (Lipinski definition) is 7. The van der Waals surface area contributed by atoms with Crippen molar-refractivity contribution in [1.29, 1.82) is 0 Å². The molecule has 4 N–H and O–H groups in total. The lowest BCUT2D eigenvalue weighted by atomic mass is 10.0. The van der Waals surface area contributed by atoms with Gasteiger partial charge in [-0.05, 0) is 34.4 Å². The maximum absolute atomic E-state index is 12.3. The summed E-state index contributed by atoms with van der Waals surface area (Å²) in [5.74, 6) is -0.533. The number of pyridine rings is 1. The van der Waals surface area contributed by atoms with Crippen molar-refractivity contribution in [2.75, 3.05) is 5.75 Å². The molecule has 1 saturated heterocycles. The molecule has 0 aliphatic carbocycles. The third kappa shape index (κ3) is 8.42. The molecular weight excluding hydrogens is 566 g/mol. The fourth-order valence-corrected chi connectivity index (χ4v) is 5.68. The first-order valence-corrected chi connectivity index (χ1v) is 14.9. The van der Waals surface area contributed by atoms with E-state index >= 15 is 0 Å². The number of aromatic nitrogens is 1. The summed E-state index contributed by atoms with van der Waals surface area (Å²) in [6.07, 6.45) is 0.980. The molecule has 1 aliphatic rings. The van der Waals surface area contributed by atoms with E-state index in [0.717, 1.165) is 27.8 Å². The minimum atomic E-state index is -1.02. The number of amides is 2. The Morgan fingerprint density at radius 2 is 1.47 bits per heavy atom. The van der Waals surface area contributed by atoms with Gasteiger partial charge in [0.1, 0.15) is 5.03 Å². The Hall–Kier alpha value is -4.22. The number of aliphatic hydroxyl groups is 1. The predicted molar refractivity (Wildman–Crippen MR) is 162 cm³/mol. The van der Waals surface area contributed by atoms with E-state index in [1.54, 1.807) is 18.3 Å². The number of rotatable bonds is 11. The van der Waals surface area contributed by atoms with Crippen LogP contribution in [-0.4, -0.2) is 39.1 Å². The van der Waals surface area contributed by atoms with E-state index in [0.29, 0.717) is 30.3 Å². The lowest BCUT2D eigenvalue weighted by molar-refractivity contribution is -0.245. The number of aromatic carboxylic acids is 1. The standard InChI is InChI=1S/C33H33N3O6S/c37-20-24-10-12-25(13-11-24)29-17-27(21-43-30-28(31(38)39)7-4-16-34-30)41-32(42-29)26-14-8-23(9-15-26)19-36-33(40)35-18-22-5-2-1-3-6-22/h1-16,27,29,32,37H,17-21H2,(H,38,39)(H2,35,36,40). The van der Waals surface area contributed by atoms with Crippen LogP contribution in [0.5, 0.6) is 0 Å². The smallest absolute Gasteiger partial charge is 0.338 e. The zero-order valence-electron chi connectivity index (χ0n) is 23.4. The zero-order valence-corrected chi connectivity index (χ0v) is 24.2. The van der Waals surface area contributed by atoms with Crippen LogP contribution < -0.4 is 10.6 Å². The van der Waals surface area contributed by atoms with Crippen LogP contribution in [0, 0.1) is 0 Å². The van der Waals surface area contributed by atoms with E-state index in [-0.39, 0.29) is 30.4 Å². The molecule has 0 bridgehead atoms. The fraction of sp³-hybridized carbons (Fsp3) is 0.242. The third-order valence-corrected chi connectivity index (χ3v) is 8.16. The molecule has 3 atom stereocenters. The van der Waals surface area contributed by atoms with Crippen LogP contribution in [-0.2, 0) is 29.2 Å². The summed E-state index contributed by atoms with van der Waals surface area (Å²) in [6, 6.07) is 28.0. The molecule has 0 saturated carbocycles. The number of aliphatic hydroxyl groups excluding tert-OH is 1. The molecule has 4 aromatic rings. The van der Waals surface area contributed by atoms with Crippen molar-refractivity contribution in [1.82, 2.24) is 15.6 Å². The Morgan fingerprint density at radius 1 is 0.814 bits per heavy atom. The highest BCUT2D eigenvalue weighted by molar-refractivity contribution is 7.99. The Bertz CT molecular complexity index is 1500. The van der Waals surface area contributed by atoms with Crippen LogP contribution in [0.3, 0.4) is 0 Å². The van der Waals surface area contributed by atoms with Crippen molar-refractivity contribution in [3.05, 3.63) is 131 Å². The molecule has 222 valence electrons. The average molecular weight is 600 g/mol. The number of nitrogens with one attached hydrogen (secondary N) is 2. The monoisotopic (exact) mass is 599 g/mol. The van der Waals surface area contributed by atoms with Crippen LogP contribution in [0.1, 0.15) is 57.0 Å². The molecule has 9 nitrogen and oxygen atoms in total. The molecule has 5 rings (SSSR count). The summed E-state index contributed by atoms with van der Waals surface area (Å²) in [7, 11) is 0. The van der Waals surface area contributed by atoms with Crippen molar-refractivity contribution in [2.45, 2.75) is 49.6 Å². The van der Waals surface area contributed by atoms with Gasteiger partial charge in [0.25, 0.3) is 0 Å². The van der Waals surface area contributed by atoms with Gasteiger partial charge >= 0.3 is 12.0 Å². The van der Waals surface area contributed by atoms with Crippen LogP contribution in [0.4, 0.5) is 4.79 Å². The van der Waals surface area contributed by atoms with E-state index in [4.69, 9.17) is 9.47 Å². The largest absolute Gasteiger partial charge is 0.478 e. The first-order chi connectivity index (χ1) is 21.0. The van der Waals surface area contributed by atoms with Gasteiger partial charge in [-0.1, -0.05) is 78.9 Å². The second kappa shape index (κ2) is 14.8. The Morgan fingerprint density at radius 3 is 2.14 bits per heavy atom. The van der Waals surface area contributed by atoms with Gasteiger partial charge in [-0.2, -0.15) is 0 Å². The van der Waals surface area contributed by atoms with E-state index in [1.807, 2.05) is 78.9 Å². The highest BCUT2D eigenvalue weighted by Crippen LogP contribution is 2.39. The van der Waals surface area contributed by atoms with Crippen molar-refractivity contribution in [2.24, 2.45) is 0 Å². The van der Waals surface area contributed by atoms with Crippen LogP contribution in [0.15, 0.2) is 102 Å². The molecule has 43 heavy (non-hydrogen) atoms. The first kappa shape index (κ1) is 30.2. The minimum absolute atomic E-state index is 0.0390. The van der Waals surface area contributed by atoms with Gasteiger partial charge in [-0.3, -0.25) is 0 Å². The van der Waals surface area contributed by atoms with Gasteiger partial charge in [0.15, 0.2) is 6.29 Å². The second-order valence-corrected chi connectivity index (χ2v) is 11.1. The van der Waals surface area contributed by atoms with Crippen molar-refractivity contribution >= 4 is 23.8 Å². The first-order valence-electron chi connectivity index (χ1n) is 13.9. The molecule has 3 unspecified atom stereocenters. The lowest BCUT2D eigenvalue weighted by Gasteiger charge is -2.36. The Balaban J connectivity index is 1.24. The molecule has 10 heteroatoms. The molecule has 2 heterocycles. The van der Waals surface area contributed by atoms with E-state index < -0.39 is 12.3 Å². The number of hydrogen-bond donors (Lipinski definition) is 4. The van der Waals surface area contributed by atoms with E-state index in [9.17, 15) is 19.8 Å². The van der Waals surface area contributed by atoms with Crippen molar-refractivity contribution < 1.29 is 29.3 Å². The second-order valence-electron chi connectivity index (χ2n) is 10.1. The van der Waals surface area contributed by atoms with E-state index in [1.165, 1.54) is 11.8 Å². The van der Waals surface area contributed by atoms with Crippen molar-refractivity contribution in [3.8, 4) is 0 Å². The molecule has 0 radical (unpaired) electrons. The van der Waals surface area contributed by atoms with Gasteiger partial charge in [0.2, 0.25) is 0 Å². The highest BCUT2D eigenvalue weighted by atomic mass is 32.2. The van der Waals surface area contributed by atoms with Crippen LogP contribution in [0.2, 0.25) is 0 Å². The lowest BCUT2D eigenvalue weighted by Crippen LogP contribution is -2.34. The number of carboxylic acid groups (broad SMARTS) is 1. The van der Waals surface area contributed by atoms with Gasteiger partial charge in [-0.15, -0.1) is 11.8 Å². The number of nitrogens with zero attached hydrogens (tertiary/aromatic N) is 1. The van der Waals surface area contributed by atoms with Crippen LogP contribution in [0.25, 0.3) is 0 Å². The fourth-order valence-electron chi connectivity index (χ4n) is 4.68. The minimum Gasteiger partial charge on any atom is -0.478 e. The molecule has 3 aromatic carbocycles. The molecule has 0 spiro atoms. The quantitative estimate of drug-likeness (QED) is 0.164. The normalized spacial score (nSPS) is 18.1. The maximum atomic E-state index is 12.3. The van der Waals surface area contributed by atoms with Gasteiger partial charge in [-0.25, -0.2) is 14.6 Å². The SMILES string of the molecule is O=C(NCc1ccccc1)NCc1ccc(C2OC(CSc3ncccc3C(=O)O)CC(c3ccc(CO)cc3)O2)cc1. The van der Waals surface area contributed by atoms with Gasteiger partial charge in [0, 0.05) is 37.0 Å². The number of carboxylic acids is 1. The number of thioether (sulfide) groups is 1. The van der Waals surface area contributed by atoms with Crippen molar-refractivity contribution in [3.63, 3.8) is 0 Å².